The second kappa shape index (κ2) is 4.48. The first-order valence-electron chi connectivity index (χ1n) is 4.59. The van der Waals surface area contributed by atoms with E-state index in [-0.39, 0.29) is 0 Å². The lowest BCUT2D eigenvalue weighted by Crippen LogP contribution is -2.48. The smallest absolute Gasteiger partial charge is 0.388 e. The number of aliphatic hydroxyl groups is 1. The second-order valence-electron chi connectivity index (χ2n) is 3.39. The number of nitrogens with one attached hydrogen (secondary N) is 1. The first-order chi connectivity index (χ1) is 7.73. The third-order valence-corrected chi connectivity index (χ3v) is 2.36. The van der Waals surface area contributed by atoms with Crippen LogP contribution in [-0.4, -0.2) is 24.8 Å². The molecule has 0 fully saturated rings. The Hall–Kier alpha value is -1.37. The lowest BCUT2D eigenvalue weighted by molar-refractivity contribution is -0.305. The van der Waals surface area contributed by atoms with Crippen LogP contribution < -0.4 is 5.32 Å². The number of halogens is 5. The highest BCUT2D eigenvalue weighted by Crippen LogP contribution is 2.43. The summed E-state index contributed by atoms with van der Waals surface area (Å²) in [6.07, 6.45) is -9.40. The van der Waals surface area contributed by atoms with Crippen LogP contribution in [0.2, 0.25) is 0 Å². The monoisotopic (exact) mass is 255 g/mol. The van der Waals surface area contributed by atoms with Gasteiger partial charge in [-0.25, -0.2) is 8.78 Å². The summed E-state index contributed by atoms with van der Waals surface area (Å²) in [4.78, 5) is 0. The lowest BCUT2D eigenvalue weighted by Gasteiger charge is -2.30. The molecule has 0 aliphatic carbocycles. The van der Waals surface area contributed by atoms with Crippen molar-refractivity contribution in [3.8, 4) is 0 Å². The fraction of sp³-hybridized carbons (Fsp3) is 0.400. The van der Waals surface area contributed by atoms with Gasteiger partial charge in [0.1, 0.15) is 0 Å². The molecule has 0 heterocycles. The van der Waals surface area contributed by atoms with Crippen molar-refractivity contribution in [1.29, 1.82) is 0 Å². The predicted octanol–water partition coefficient (Wildman–Crippen LogP) is 2.74. The van der Waals surface area contributed by atoms with E-state index in [1.54, 1.807) is 0 Å². The summed E-state index contributed by atoms with van der Waals surface area (Å²) in [6.45, 7) is 0. The van der Waals surface area contributed by atoms with E-state index in [1.807, 2.05) is 0 Å². The molecule has 0 aromatic heterocycles. The number of hydrogen-bond acceptors (Lipinski definition) is 2. The van der Waals surface area contributed by atoms with E-state index in [2.05, 4.69) is 5.32 Å². The number of rotatable bonds is 3. The SMILES string of the molecule is CNc1ccc(C(O)(C(F)F)C(F)(F)F)cc1. The maximum Gasteiger partial charge on any atom is 0.427 e. The van der Waals surface area contributed by atoms with Gasteiger partial charge in [0.15, 0.2) is 0 Å². The molecule has 2 nitrogen and oxygen atoms in total. The molecule has 0 radical (unpaired) electrons. The maximum absolute atomic E-state index is 12.5. The van der Waals surface area contributed by atoms with Crippen LogP contribution in [0.4, 0.5) is 27.6 Å². The Labute approximate surface area is 94.1 Å². The van der Waals surface area contributed by atoms with Gasteiger partial charge in [-0.2, -0.15) is 13.2 Å². The van der Waals surface area contributed by atoms with Crippen molar-refractivity contribution >= 4 is 5.69 Å². The largest absolute Gasteiger partial charge is 0.427 e. The highest BCUT2D eigenvalue weighted by molar-refractivity contribution is 5.45. The molecule has 0 bridgehead atoms. The molecule has 0 amide bonds. The fourth-order valence-electron chi connectivity index (χ4n) is 1.30. The average molecular weight is 255 g/mol. The molecule has 7 heteroatoms. The zero-order valence-electron chi connectivity index (χ0n) is 8.72. The van der Waals surface area contributed by atoms with Gasteiger partial charge >= 0.3 is 6.18 Å². The third-order valence-electron chi connectivity index (χ3n) is 2.36. The van der Waals surface area contributed by atoms with Gasteiger partial charge in [0.05, 0.1) is 0 Å². The number of alkyl halides is 5. The topological polar surface area (TPSA) is 32.3 Å². The molecule has 17 heavy (non-hydrogen) atoms. The Kier molecular flexibility index (Phi) is 3.61. The minimum absolute atomic E-state index is 0.451. The summed E-state index contributed by atoms with van der Waals surface area (Å²) in [5, 5.41) is 11.8. The molecular weight excluding hydrogens is 245 g/mol. The molecule has 0 saturated heterocycles. The Balaban J connectivity index is 3.24. The van der Waals surface area contributed by atoms with Gasteiger partial charge in [-0.3, -0.25) is 0 Å². The molecule has 1 aromatic rings. The standard InChI is InChI=1S/C10H10F5NO/c1-16-7-4-2-6(3-5-7)9(17,8(11)12)10(13,14)15/h2-5,8,16-17H,1H3. The van der Waals surface area contributed by atoms with Gasteiger partial charge < -0.3 is 10.4 Å². The molecule has 1 atom stereocenters. The zero-order chi connectivity index (χ0) is 13.3. The minimum atomic E-state index is -5.44. The normalized spacial score (nSPS) is 15.8. The van der Waals surface area contributed by atoms with Crippen LogP contribution in [0.25, 0.3) is 0 Å². The van der Waals surface area contributed by atoms with Crippen molar-refractivity contribution in [2.75, 3.05) is 12.4 Å². The van der Waals surface area contributed by atoms with Gasteiger partial charge in [0.25, 0.3) is 6.43 Å². The predicted molar refractivity (Wildman–Crippen MR) is 51.9 cm³/mol. The van der Waals surface area contributed by atoms with Crippen molar-refractivity contribution in [2.45, 2.75) is 18.2 Å². The highest BCUT2D eigenvalue weighted by Gasteiger charge is 2.61. The summed E-state index contributed by atoms with van der Waals surface area (Å²) in [6, 6.07) is 3.97. The molecule has 0 saturated carbocycles. The summed E-state index contributed by atoms with van der Waals surface area (Å²) < 4.78 is 62.4. The summed E-state index contributed by atoms with van der Waals surface area (Å²) in [5.74, 6) is 0. The van der Waals surface area contributed by atoms with E-state index >= 15 is 0 Å². The Bertz CT molecular complexity index is 375. The summed E-state index contributed by atoms with van der Waals surface area (Å²) >= 11 is 0. The van der Waals surface area contributed by atoms with Gasteiger partial charge in [0, 0.05) is 12.7 Å². The van der Waals surface area contributed by atoms with Crippen LogP contribution in [0.1, 0.15) is 5.56 Å². The molecule has 0 aliphatic heterocycles. The molecule has 2 N–H and O–H groups in total. The second-order valence-corrected chi connectivity index (χ2v) is 3.39. The molecule has 0 aliphatic rings. The zero-order valence-corrected chi connectivity index (χ0v) is 8.72. The van der Waals surface area contributed by atoms with Crippen molar-refractivity contribution in [3.05, 3.63) is 29.8 Å². The van der Waals surface area contributed by atoms with E-state index in [0.29, 0.717) is 5.69 Å². The maximum atomic E-state index is 12.5. The van der Waals surface area contributed by atoms with Gasteiger partial charge in [-0.1, -0.05) is 12.1 Å². The Morgan fingerprint density at radius 3 is 1.88 bits per heavy atom. The first kappa shape index (κ1) is 13.7. The molecule has 0 spiro atoms. The van der Waals surface area contributed by atoms with E-state index in [0.717, 1.165) is 12.1 Å². The van der Waals surface area contributed by atoms with Crippen molar-refractivity contribution in [2.24, 2.45) is 0 Å². The van der Waals surface area contributed by atoms with Crippen molar-refractivity contribution in [3.63, 3.8) is 0 Å². The van der Waals surface area contributed by atoms with Crippen LogP contribution in [0.15, 0.2) is 24.3 Å². The third kappa shape index (κ3) is 2.33. The van der Waals surface area contributed by atoms with Crippen molar-refractivity contribution in [1.82, 2.24) is 0 Å². The van der Waals surface area contributed by atoms with Crippen LogP contribution in [0, 0.1) is 0 Å². The quantitative estimate of drug-likeness (QED) is 0.814. The van der Waals surface area contributed by atoms with E-state index in [1.165, 1.54) is 19.2 Å². The van der Waals surface area contributed by atoms with Crippen LogP contribution >= 0.6 is 0 Å². The van der Waals surface area contributed by atoms with Gasteiger partial charge in [-0.05, 0) is 17.7 Å². The first-order valence-corrected chi connectivity index (χ1v) is 4.59. The highest BCUT2D eigenvalue weighted by atomic mass is 19.4. The van der Waals surface area contributed by atoms with Crippen LogP contribution in [0.5, 0.6) is 0 Å². The lowest BCUT2D eigenvalue weighted by atomic mass is 9.93. The number of benzene rings is 1. The molecular formula is C10H10F5NO. The van der Waals surface area contributed by atoms with E-state index in [9.17, 15) is 22.0 Å². The Morgan fingerprint density at radius 1 is 1.12 bits per heavy atom. The van der Waals surface area contributed by atoms with Gasteiger partial charge in [-0.15, -0.1) is 0 Å². The van der Waals surface area contributed by atoms with E-state index in [4.69, 9.17) is 5.11 Å². The van der Waals surface area contributed by atoms with Crippen LogP contribution in [-0.2, 0) is 5.60 Å². The summed E-state index contributed by atoms with van der Waals surface area (Å²) in [5.41, 5.74) is -4.58. The number of anilines is 1. The molecule has 1 aromatic carbocycles. The van der Waals surface area contributed by atoms with Crippen LogP contribution in [0.3, 0.4) is 0 Å². The molecule has 1 rings (SSSR count). The molecule has 96 valence electrons. The fourth-order valence-corrected chi connectivity index (χ4v) is 1.30. The molecule has 1 unspecified atom stereocenters. The van der Waals surface area contributed by atoms with Gasteiger partial charge in [0.2, 0.25) is 5.60 Å². The number of hydrogen-bond donors (Lipinski definition) is 2. The van der Waals surface area contributed by atoms with Crippen molar-refractivity contribution < 1.29 is 27.1 Å². The average Bonchev–Trinajstić information content (AvgIpc) is 2.26. The minimum Gasteiger partial charge on any atom is -0.388 e. The Morgan fingerprint density at radius 2 is 1.59 bits per heavy atom. The summed E-state index contributed by atoms with van der Waals surface area (Å²) in [7, 11) is 1.53. The van der Waals surface area contributed by atoms with E-state index < -0.39 is 23.8 Å².